The van der Waals surface area contributed by atoms with Crippen molar-refractivity contribution in [1.29, 1.82) is 0 Å². The van der Waals surface area contributed by atoms with E-state index in [0.29, 0.717) is 9.80 Å². The van der Waals surface area contributed by atoms with Crippen LogP contribution in [0.4, 0.5) is 0 Å². The lowest BCUT2D eigenvalue weighted by Crippen LogP contribution is -2.30. The van der Waals surface area contributed by atoms with Crippen LogP contribution in [0, 0.1) is 0 Å². The molecule has 0 aromatic heterocycles. The molecule has 1 aromatic rings. The third-order valence-electron chi connectivity index (χ3n) is 3.60. The van der Waals surface area contributed by atoms with Crippen LogP contribution < -0.4 is 0 Å². The monoisotopic (exact) mass is 390 g/mol. The van der Waals surface area contributed by atoms with Gasteiger partial charge >= 0.3 is 0 Å². The van der Waals surface area contributed by atoms with Crippen molar-refractivity contribution in [3.8, 4) is 0 Å². The first kappa shape index (κ1) is 12.8. The average molecular weight is 392 g/mol. The summed E-state index contributed by atoms with van der Waals surface area (Å²) >= 11 is 6.78. The Morgan fingerprint density at radius 2 is 2.11 bits per heavy atom. The SMILES string of the molecule is CS1(=O)(O)C2=CC(Br)=CCC2c2ccc(Br)cc21. The third-order valence-corrected chi connectivity index (χ3v) is 7.54. The second-order valence-corrected chi connectivity index (χ2v) is 10.2. The van der Waals surface area contributed by atoms with Gasteiger partial charge in [0.2, 0.25) is 0 Å². The first-order valence-corrected chi connectivity index (χ1v) is 9.46. The molecule has 1 aliphatic heterocycles. The molecule has 0 fully saturated rings. The normalized spacial score (nSPS) is 29.3. The van der Waals surface area contributed by atoms with Gasteiger partial charge in [-0.3, -0.25) is 4.55 Å². The quantitative estimate of drug-likeness (QED) is 0.711. The van der Waals surface area contributed by atoms with Gasteiger partial charge in [0.05, 0.1) is 4.90 Å². The molecule has 0 saturated heterocycles. The summed E-state index contributed by atoms with van der Waals surface area (Å²) in [6, 6.07) is 5.65. The van der Waals surface area contributed by atoms with Crippen molar-refractivity contribution in [2.75, 3.05) is 6.26 Å². The molecule has 5 heteroatoms. The van der Waals surface area contributed by atoms with E-state index >= 15 is 0 Å². The summed E-state index contributed by atoms with van der Waals surface area (Å²) in [5.41, 5.74) is 0.975. The summed E-state index contributed by atoms with van der Waals surface area (Å²) in [5.74, 6) is 0.0314. The smallest absolute Gasteiger partial charge is 0.0635 e. The van der Waals surface area contributed by atoms with Gasteiger partial charge in [-0.25, -0.2) is 0 Å². The van der Waals surface area contributed by atoms with Gasteiger partial charge in [0.1, 0.15) is 0 Å². The molecular weight excluding hydrogens is 380 g/mol. The molecule has 0 bridgehead atoms. The minimum Gasteiger partial charge on any atom is -0.295 e. The van der Waals surface area contributed by atoms with Crippen molar-refractivity contribution in [2.24, 2.45) is 0 Å². The van der Waals surface area contributed by atoms with Crippen LogP contribution in [-0.2, 0) is 9.35 Å². The zero-order valence-electron chi connectivity index (χ0n) is 9.69. The maximum atomic E-state index is 13.1. The third kappa shape index (κ3) is 1.64. The van der Waals surface area contributed by atoms with E-state index in [1.165, 1.54) is 6.26 Å². The molecule has 3 rings (SSSR count). The van der Waals surface area contributed by atoms with Gasteiger partial charge in [-0.1, -0.05) is 44.0 Å². The van der Waals surface area contributed by atoms with Gasteiger partial charge in [-0.2, -0.15) is 4.21 Å². The van der Waals surface area contributed by atoms with E-state index < -0.39 is 9.35 Å². The van der Waals surface area contributed by atoms with E-state index in [-0.39, 0.29) is 5.92 Å². The Balaban J connectivity index is 2.36. The van der Waals surface area contributed by atoms with Crippen LogP contribution in [0.5, 0.6) is 0 Å². The molecule has 1 unspecified atom stereocenters. The van der Waals surface area contributed by atoms with E-state index in [9.17, 15) is 8.76 Å². The topological polar surface area (TPSA) is 37.3 Å². The van der Waals surface area contributed by atoms with Crippen LogP contribution >= 0.6 is 31.9 Å². The number of fused-ring (bicyclic) bond motifs is 3. The Morgan fingerprint density at radius 1 is 1.39 bits per heavy atom. The predicted molar refractivity (Wildman–Crippen MR) is 81.6 cm³/mol. The second-order valence-electron chi connectivity index (χ2n) is 4.89. The Kier molecular flexibility index (Phi) is 2.60. The summed E-state index contributed by atoms with van der Waals surface area (Å²) in [4.78, 5) is 1.20. The summed E-state index contributed by atoms with van der Waals surface area (Å²) in [7, 11) is -3.89. The average Bonchev–Trinajstić information content (AvgIpc) is 2.45. The van der Waals surface area contributed by atoms with E-state index in [1.807, 2.05) is 18.2 Å². The second kappa shape index (κ2) is 3.66. The van der Waals surface area contributed by atoms with Crippen LogP contribution in [0.3, 0.4) is 0 Å². The molecule has 0 spiro atoms. The van der Waals surface area contributed by atoms with E-state index in [0.717, 1.165) is 20.9 Å². The molecule has 1 aromatic carbocycles. The molecular formula is C13H12Br2O2S. The Hall–Kier alpha value is -0.230. The van der Waals surface area contributed by atoms with Crippen molar-refractivity contribution in [1.82, 2.24) is 0 Å². The lowest BCUT2D eigenvalue weighted by Gasteiger charge is -2.38. The van der Waals surface area contributed by atoms with E-state index in [4.69, 9.17) is 0 Å². The standard InChI is InChI=1S/C13H12Br2O2S/c1-18(16,17)12-6-8(14)2-4-10(12)11-5-3-9(15)7-13(11)18/h2-4,6-7,11H,5H2,1H3,(H,16,17). The molecule has 0 amide bonds. The number of benzene rings is 1. The molecule has 0 saturated carbocycles. The zero-order valence-corrected chi connectivity index (χ0v) is 13.7. The molecule has 2 nitrogen and oxygen atoms in total. The first-order chi connectivity index (χ1) is 8.28. The van der Waals surface area contributed by atoms with Crippen molar-refractivity contribution in [2.45, 2.75) is 17.2 Å². The molecule has 96 valence electrons. The number of rotatable bonds is 0. The molecule has 1 atom stereocenters. The fourth-order valence-electron chi connectivity index (χ4n) is 2.74. The van der Waals surface area contributed by atoms with Crippen molar-refractivity contribution in [3.63, 3.8) is 0 Å². The number of allylic oxidation sites excluding steroid dienone is 4. The minimum atomic E-state index is -3.89. The van der Waals surface area contributed by atoms with Crippen LogP contribution in [0.25, 0.3) is 0 Å². The molecule has 0 radical (unpaired) electrons. The Labute approximate surface area is 123 Å². The Bertz CT molecular complexity index is 682. The van der Waals surface area contributed by atoms with Crippen molar-refractivity contribution in [3.05, 3.63) is 49.8 Å². The number of halogens is 2. The lowest BCUT2D eigenvalue weighted by atomic mass is 9.93. The van der Waals surface area contributed by atoms with Crippen LogP contribution in [0.1, 0.15) is 17.9 Å². The maximum absolute atomic E-state index is 13.1. The van der Waals surface area contributed by atoms with Gasteiger partial charge in [0, 0.05) is 26.0 Å². The molecule has 18 heavy (non-hydrogen) atoms. The highest BCUT2D eigenvalue weighted by Gasteiger charge is 2.45. The zero-order chi connectivity index (χ0) is 13.2. The highest BCUT2D eigenvalue weighted by molar-refractivity contribution is 9.12. The highest BCUT2D eigenvalue weighted by atomic mass is 79.9. The summed E-state index contributed by atoms with van der Waals surface area (Å²) in [6.07, 6.45) is 6.08. The van der Waals surface area contributed by atoms with Crippen molar-refractivity contribution >= 4 is 41.2 Å². The van der Waals surface area contributed by atoms with Gasteiger partial charge in [-0.05, 0) is 30.2 Å². The maximum Gasteiger partial charge on any atom is 0.0635 e. The summed E-state index contributed by atoms with van der Waals surface area (Å²) in [5, 5.41) is 0. The largest absolute Gasteiger partial charge is 0.295 e. The van der Waals surface area contributed by atoms with Gasteiger partial charge < -0.3 is 0 Å². The highest BCUT2D eigenvalue weighted by Crippen LogP contribution is 2.57. The summed E-state index contributed by atoms with van der Waals surface area (Å²) in [6.45, 7) is 0. The van der Waals surface area contributed by atoms with Crippen LogP contribution in [0.15, 0.2) is 49.1 Å². The fraction of sp³-hybridized carbons (Fsp3) is 0.231. The minimum absolute atomic E-state index is 0.0314. The van der Waals surface area contributed by atoms with E-state index in [2.05, 4.69) is 31.9 Å². The number of hydrogen-bond acceptors (Lipinski definition) is 1. The molecule has 1 heterocycles. The van der Waals surface area contributed by atoms with Gasteiger partial charge in [0.15, 0.2) is 0 Å². The lowest BCUT2D eigenvalue weighted by molar-refractivity contribution is 0.529. The predicted octanol–water partition coefficient (Wildman–Crippen LogP) is 4.39. The summed E-state index contributed by atoms with van der Waals surface area (Å²) < 4.78 is 25.6. The van der Waals surface area contributed by atoms with Crippen LogP contribution in [0.2, 0.25) is 0 Å². The van der Waals surface area contributed by atoms with Gasteiger partial charge in [0.25, 0.3) is 0 Å². The fourth-order valence-corrected chi connectivity index (χ4v) is 6.56. The van der Waals surface area contributed by atoms with Crippen LogP contribution in [-0.4, -0.2) is 15.0 Å². The first-order valence-electron chi connectivity index (χ1n) is 5.54. The van der Waals surface area contributed by atoms with Gasteiger partial charge in [-0.15, -0.1) is 9.35 Å². The Morgan fingerprint density at radius 3 is 2.83 bits per heavy atom. The molecule has 2 aliphatic rings. The molecule has 1 N–H and O–H groups in total. The number of hydrogen-bond donors (Lipinski definition) is 1. The molecule has 1 aliphatic carbocycles. The van der Waals surface area contributed by atoms with Crippen molar-refractivity contribution < 1.29 is 8.76 Å². The van der Waals surface area contributed by atoms with E-state index in [1.54, 1.807) is 12.1 Å².